The lowest BCUT2D eigenvalue weighted by Gasteiger charge is -2.47. The first-order valence-corrected chi connectivity index (χ1v) is 6.95. The van der Waals surface area contributed by atoms with E-state index in [1.165, 1.54) is 11.1 Å². The first kappa shape index (κ1) is 13.9. The summed E-state index contributed by atoms with van der Waals surface area (Å²) in [4.78, 5) is 13.9. The van der Waals surface area contributed by atoms with Crippen molar-refractivity contribution in [1.29, 1.82) is 0 Å². The largest absolute Gasteiger partial charge is 0.399 e. The van der Waals surface area contributed by atoms with Crippen LogP contribution in [0.25, 0.3) is 0 Å². The molecule has 0 aromatic heterocycles. The number of carbonyl (C=O) groups is 1. The van der Waals surface area contributed by atoms with Crippen LogP contribution in [0.5, 0.6) is 0 Å². The molecule has 19 heavy (non-hydrogen) atoms. The molecule has 4 N–H and O–H groups in total. The zero-order valence-corrected chi connectivity index (χ0v) is 11.8. The average molecular weight is 261 g/mol. The highest BCUT2D eigenvalue weighted by molar-refractivity contribution is 5.76. The van der Waals surface area contributed by atoms with Crippen LogP contribution in [-0.4, -0.2) is 23.9 Å². The van der Waals surface area contributed by atoms with Crippen molar-refractivity contribution < 1.29 is 4.79 Å². The van der Waals surface area contributed by atoms with Gasteiger partial charge < -0.3 is 11.5 Å². The molecular weight excluding hydrogens is 238 g/mol. The van der Waals surface area contributed by atoms with Gasteiger partial charge in [0.05, 0.1) is 5.54 Å². The molecule has 2 rings (SSSR count). The minimum atomic E-state index is -0.288. The second-order valence-corrected chi connectivity index (χ2v) is 5.27. The first-order valence-electron chi connectivity index (χ1n) is 6.95. The number of primary amides is 1. The third-order valence-electron chi connectivity index (χ3n) is 4.32. The fourth-order valence-corrected chi connectivity index (χ4v) is 3.38. The van der Waals surface area contributed by atoms with Gasteiger partial charge in [-0.2, -0.15) is 0 Å². The predicted molar refractivity (Wildman–Crippen MR) is 77.6 cm³/mol. The normalized spacial score (nSPS) is 23.1. The molecule has 104 valence electrons. The fourth-order valence-electron chi connectivity index (χ4n) is 3.38. The van der Waals surface area contributed by atoms with E-state index in [4.69, 9.17) is 11.5 Å². The van der Waals surface area contributed by atoms with E-state index in [2.05, 4.69) is 24.8 Å². The topological polar surface area (TPSA) is 72.3 Å². The number of anilines is 1. The van der Waals surface area contributed by atoms with Crippen LogP contribution in [0, 0.1) is 0 Å². The zero-order valence-electron chi connectivity index (χ0n) is 11.8. The van der Waals surface area contributed by atoms with Crippen molar-refractivity contribution in [3.8, 4) is 0 Å². The van der Waals surface area contributed by atoms with E-state index in [-0.39, 0.29) is 11.4 Å². The first-order chi connectivity index (χ1) is 9.03. The maximum atomic E-state index is 11.6. The predicted octanol–water partition coefficient (Wildman–Crippen LogP) is 1.63. The van der Waals surface area contributed by atoms with Gasteiger partial charge in [0, 0.05) is 18.7 Å². The van der Waals surface area contributed by atoms with Gasteiger partial charge in [0.15, 0.2) is 0 Å². The van der Waals surface area contributed by atoms with Crippen LogP contribution >= 0.6 is 0 Å². The van der Waals surface area contributed by atoms with E-state index in [1.54, 1.807) is 0 Å². The molecule has 0 spiro atoms. The zero-order chi connectivity index (χ0) is 14.0. The molecule has 1 aromatic carbocycles. The van der Waals surface area contributed by atoms with Gasteiger partial charge in [-0.3, -0.25) is 9.69 Å². The molecule has 0 fully saturated rings. The smallest absolute Gasteiger partial charge is 0.219 e. The number of rotatable bonds is 4. The third kappa shape index (κ3) is 2.32. The molecule has 0 radical (unpaired) electrons. The van der Waals surface area contributed by atoms with Gasteiger partial charge in [0.2, 0.25) is 5.91 Å². The molecule has 0 aliphatic carbocycles. The minimum Gasteiger partial charge on any atom is -0.399 e. The lowest BCUT2D eigenvalue weighted by molar-refractivity contribution is -0.121. The highest BCUT2D eigenvalue weighted by Crippen LogP contribution is 2.41. The van der Waals surface area contributed by atoms with E-state index in [0.717, 1.165) is 31.6 Å². The summed E-state index contributed by atoms with van der Waals surface area (Å²) in [5.41, 5.74) is 14.4. The van der Waals surface area contributed by atoms with Gasteiger partial charge in [-0.1, -0.05) is 19.9 Å². The summed E-state index contributed by atoms with van der Waals surface area (Å²) in [6.07, 6.45) is 2.22. The lowest BCUT2D eigenvalue weighted by Crippen LogP contribution is -2.52. The Hall–Kier alpha value is -1.55. The number of likely N-dealkylation sites (N-methyl/N-ethyl adjacent to an activating group) is 1. The maximum absolute atomic E-state index is 11.6. The van der Waals surface area contributed by atoms with Crippen molar-refractivity contribution in [3.63, 3.8) is 0 Å². The second kappa shape index (κ2) is 5.21. The molecule has 1 heterocycles. The molecule has 1 atom stereocenters. The number of nitrogen functional groups attached to an aromatic ring is 1. The Morgan fingerprint density at radius 1 is 1.42 bits per heavy atom. The Morgan fingerprint density at radius 3 is 2.74 bits per heavy atom. The number of hydrogen-bond acceptors (Lipinski definition) is 3. The highest BCUT2D eigenvalue weighted by atomic mass is 16.1. The van der Waals surface area contributed by atoms with Gasteiger partial charge >= 0.3 is 0 Å². The van der Waals surface area contributed by atoms with Crippen LogP contribution in [0.1, 0.15) is 37.8 Å². The number of benzene rings is 1. The number of amides is 1. The van der Waals surface area contributed by atoms with Gasteiger partial charge in [-0.25, -0.2) is 0 Å². The number of fused-ring (bicyclic) bond motifs is 1. The van der Waals surface area contributed by atoms with Crippen molar-refractivity contribution in [3.05, 3.63) is 29.3 Å². The van der Waals surface area contributed by atoms with Crippen LogP contribution in [0.15, 0.2) is 18.2 Å². The lowest BCUT2D eigenvalue weighted by atomic mass is 9.76. The van der Waals surface area contributed by atoms with Crippen LogP contribution in [0.4, 0.5) is 5.69 Å². The van der Waals surface area contributed by atoms with Crippen molar-refractivity contribution in [1.82, 2.24) is 4.90 Å². The Labute approximate surface area is 114 Å². The van der Waals surface area contributed by atoms with E-state index in [0.29, 0.717) is 6.42 Å². The van der Waals surface area contributed by atoms with Gasteiger partial charge in [-0.15, -0.1) is 0 Å². The van der Waals surface area contributed by atoms with Crippen molar-refractivity contribution in [2.45, 2.75) is 38.6 Å². The van der Waals surface area contributed by atoms with Gasteiger partial charge in [-0.05, 0) is 42.6 Å². The Kier molecular flexibility index (Phi) is 3.80. The molecule has 0 bridgehead atoms. The Balaban J connectivity index is 2.58. The molecule has 0 saturated carbocycles. The SMILES string of the molecule is CCN1CCc2ccc(N)cc2C1(CC)CC(N)=O. The summed E-state index contributed by atoms with van der Waals surface area (Å²) in [5, 5.41) is 0. The second-order valence-electron chi connectivity index (χ2n) is 5.27. The standard InChI is InChI=1S/C15H23N3O/c1-3-15(10-14(17)19)13-9-12(16)6-5-11(13)7-8-18(15)4-2/h5-6,9H,3-4,7-8,10,16H2,1-2H3,(H2,17,19). The number of nitrogens with two attached hydrogens (primary N) is 2. The van der Waals surface area contributed by atoms with Gasteiger partial charge in [0.1, 0.15) is 0 Å². The van der Waals surface area contributed by atoms with Crippen LogP contribution in [-0.2, 0) is 16.8 Å². The van der Waals surface area contributed by atoms with E-state index < -0.39 is 0 Å². The summed E-state index contributed by atoms with van der Waals surface area (Å²) in [7, 11) is 0. The molecule has 1 unspecified atom stereocenters. The Morgan fingerprint density at radius 2 is 2.16 bits per heavy atom. The van der Waals surface area contributed by atoms with Crippen LogP contribution < -0.4 is 11.5 Å². The summed E-state index contributed by atoms with van der Waals surface area (Å²) in [5.74, 6) is -0.254. The van der Waals surface area contributed by atoms with Crippen molar-refractivity contribution >= 4 is 11.6 Å². The fraction of sp³-hybridized carbons (Fsp3) is 0.533. The van der Waals surface area contributed by atoms with Gasteiger partial charge in [0.25, 0.3) is 0 Å². The minimum absolute atomic E-state index is 0.254. The average Bonchev–Trinajstić information content (AvgIpc) is 2.38. The third-order valence-corrected chi connectivity index (χ3v) is 4.32. The number of nitrogens with zero attached hydrogens (tertiary/aromatic N) is 1. The highest BCUT2D eigenvalue weighted by Gasteiger charge is 2.41. The molecule has 1 aliphatic heterocycles. The molecule has 1 aromatic rings. The molecular formula is C15H23N3O. The molecule has 0 saturated heterocycles. The molecule has 1 aliphatic rings. The van der Waals surface area contributed by atoms with E-state index in [9.17, 15) is 4.79 Å². The van der Waals surface area contributed by atoms with E-state index >= 15 is 0 Å². The van der Waals surface area contributed by atoms with E-state index in [1.807, 2.05) is 12.1 Å². The van der Waals surface area contributed by atoms with Crippen molar-refractivity contribution in [2.24, 2.45) is 5.73 Å². The molecule has 4 heteroatoms. The molecule has 4 nitrogen and oxygen atoms in total. The quantitative estimate of drug-likeness (QED) is 0.809. The summed E-state index contributed by atoms with van der Waals surface area (Å²) in [6.45, 7) is 6.12. The summed E-state index contributed by atoms with van der Waals surface area (Å²) in [6, 6.07) is 6.04. The maximum Gasteiger partial charge on any atom is 0.219 e. The Bertz CT molecular complexity index is 486. The van der Waals surface area contributed by atoms with Crippen LogP contribution in [0.3, 0.4) is 0 Å². The summed E-state index contributed by atoms with van der Waals surface area (Å²) >= 11 is 0. The number of carbonyl (C=O) groups excluding carboxylic acids is 1. The monoisotopic (exact) mass is 261 g/mol. The van der Waals surface area contributed by atoms with Crippen LogP contribution in [0.2, 0.25) is 0 Å². The summed E-state index contributed by atoms with van der Waals surface area (Å²) < 4.78 is 0. The molecule has 1 amide bonds. The van der Waals surface area contributed by atoms with Crippen molar-refractivity contribution in [2.75, 3.05) is 18.8 Å². The number of hydrogen-bond donors (Lipinski definition) is 2.